The lowest BCUT2D eigenvalue weighted by Gasteiger charge is -2.34. The van der Waals surface area contributed by atoms with Gasteiger partial charge in [0.05, 0.1) is 5.41 Å². The van der Waals surface area contributed by atoms with Crippen LogP contribution in [0.25, 0.3) is 66.1 Å². The Labute approximate surface area is 374 Å². The summed E-state index contributed by atoms with van der Waals surface area (Å²) in [5.41, 5.74) is 17.9. The molecule has 0 amide bonds. The van der Waals surface area contributed by atoms with Gasteiger partial charge in [-0.1, -0.05) is 218 Å². The second-order valence-corrected chi connectivity index (χ2v) is 16.8. The first kappa shape index (κ1) is 37.5. The summed E-state index contributed by atoms with van der Waals surface area (Å²) in [6.45, 7) is 0. The lowest BCUT2D eigenvalue weighted by molar-refractivity contribution is 0.768. The molecule has 0 saturated heterocycles. The van der Waals surface area contributed by atoms with E-state index in [1.807, 2.05) is 0 Å². The summed E-state index contributed by atoms with van der Waals surface area (Å²) in [6, 6.07) is 95.5. The van der Waals surface area contributed by atoms with E-state index in [-0.39, 0.29) is 0 Å². The minimum Gasteiger partial charge on any atom is -0.311 e. The first-order chi connectivity index (χ1) is 31.8. The lowest BCUT2D eigenvalue weighted by Crippen LogP contribution is -2.28. The van der Waals surface area contributed by atoms with Gasteiger partial charge in [-0.25, -0.2) is 0 Å². The fourth-order valence-electron chi connectivity index (χ4n) is 10.5. The quantitative estimate of drug-likeness (QED) is 0.138. The number of rotatable bonds is 8. The lowest BCUT2D eigenvalue weighted by atomic mass is 9.67. The SMILES string of the molecule is c1ccc(N(c2ccc(-c3ccc(-c4cc5ccccc5c5ccccc45)cc3)cc2)c2ccc(-c3cccc4c3-c3ccccc3C4(c3ccccc3)c3ccccc3)cc2)cc1. The molecular formula is C63H43N. The molecule has 0 radical (unpaired) electrons. The molecule has 0 N–H and O–H groups in total. The average Bonchev–Trinajstić information content (AvgIpc) is 3.69. The van der Waals surface area contributed by atoms with Crippen LogP contribution in [-0.2, 0) is 5.41 Å². The molecule has 300 valence electrons. The molecule has 0 spiro atoms. The van der Waals surface area contributed by atoms with E-state index < -0.39 is 5.41 Å². The zero-order chi connectivity index (χ0) is 42.5. The highest BCUT2D eigenvalue weighted by molar-refractivity contribution is 6.13. The predicted octanol–water partition coefficient (Wildman–Crippen LogP) is 16.8. The summed E-state index contributed by atoms with van der Waals surface area (Å²) in [5.74, 6) is 0. The normalized spacial score (nSPS) is 12.5. The van der Waals surface area contributed by atoms with Crippen LogP contribution in [-0.4, -0.2) is 0 Å². The van der Waals surface area contributed by atoms with Gasteiger partial charge in [-0.2, -0.15) is 0 Å². The highest BCUT2D eigenvalue weighted by atomic mass is 15.1. The molecule has 0 heterocycles. The van der Waals surface area contributed by atoms with Crippen molar-refractivity contribution >= 4 is 38.6 Å². The van der Waals surface area contributed by atoms with Crippen LogP contribution < -0.4 is 4.90 Å². The number of nitrogens with zero attached hydrogens (tertiary/aromatic N) is 1. The summed E-state index contributed by atoms with van der Waals surface area (Å²) >= 11 is 0. The largest absolute Gasteiger partial charge is 0.311 e. The number of para-hydroxylation sites is 1. The number of hydrogen-bond donors (Lipinski definition) is 0. The van der Waals surface area contributed by atoms with Crippen LogP contribution in [0.1, 0.15) is 22.3 Å². The van der Waals surface area contributed by atoms with Crippen molar-refractivity contribution < 1.29 is 0 Å². The first-order valence-corrected chi connectivity index (χ1v) is 22.2. The standard InChI is InChI=1S/C63H43N/c1-4-18-49(19-5-1)63(50-20-6-2-7-21-50)60-29-15-14-27-58(60)62-55(28-16-30-61(62)63)46-37-41-53(42-38-46)64(51-22-8-3-9-23-51)52-39-35-45(36-40-52)44-31-33-47(34-32-44)59-43-48-17-10-11-24-54(48)56-25-12-13-26-57(56)59/h1-43H. The van der Waals surface area contributed by atoms with Crippen LogP contribution in [0.5, 0.6) is 0 Å². The molecule has 64 heavy (non-hydrogen) atoms. The third-order valence-electron chi connectivity index (χ3n) is 13.4. The number of hydrogen-bond acceptors (Lipinski definition) is 1. The molecular weight excluding hydrogens is 771 g/mol. The molecule has 11 aromatic rings. The molecule has 1 nitrogen and oxygen atoms in total. The van der Waals surface area contributed by atoms with Crippen molar-refractivity contribution in [3.8, 4) is 44.5 Å². The second-order valence-electron chi connectivity index (χ2n) is 16.8. The number of anilines is 3. The van der Waals surface area contributed by atoms with Crippen LogP contribution >= 0.6 is 0 Å². The van der Waals surface area contributed by atoms with Gasteiger partial charge in [-0.05, 0) is 131 Å². The number of benzene rings is 11. The van der Waals surface area contributed by atoms with Gasteiger partial charge in [0.25, 0.3) is 0 Å². The molecule has 1 aliphatic carbocycles. The van der Waals surface area contributed by atoms with Crippen LogP contribution in [0.3, 0.4) is 0 Å². The van der Waals surface area contributed by atoms with Crippen molar-refractivity contribution in [1.82, 2.24) is 0 Å². The molecule has 0 aliphatic heterocycles. The van der Waals surface area contributed by atoms with Gasteiger partial charge < -0.3 is 4.90 Å². The Balaban J connectivity index is 0.898. The second kappa shape index (κ2) is 15.6. The van der Waals surface area contributed by atoms with E-state index >= 15 is 0 Å². The van der Waals surface area contributed by atoms with Crippen LogP contribution in [0, 0.1) is 0 Å². The Morgan fingerprint density at radius 1 is 0.266 bits per heavy atom. The van der Waals surface area contributed by atoms with Crippen molar-refractivity contribution in [3.05, 3.63) is 283 Å². The molecule has 0 atom stereocenters. The maximum absolute atomic E-state index is 2.35. The van der Waals surface area contributed by atoms with Crippen molar-refractivity contribution in [2.45, 2.75) is 5.41 Å². The fourth-order valence-corrected chi connectivity index (χ4v) is 10.5. The minimum absolute atomic E-state index is 0.436. The molecule has 11 aromatic carbocycles. The van der Waals surface area contributed by atoms with Gasteiger partial charge in [-0.15, -0.1) is 0 Å². The van der Waals surface area contributed by atoms with Gasteiger partial charge in [-0.3, -0.25) is 0 Å². The molecule has 0 bridgehead atoms. The van der Waals surface area contributed by atoms with E-state index in [4.69, 9.17) is 0 Å². The molecule has 1 heteroatoms. The smallest absolute Gasteiger partial charge is 0.0713 e. The monoisotopic (exact) mass is 813 g/mol. The van der Waals surface area contributed by atoms with Gasteiger partial charge in [0.15, 0.2) is 0 Å². The molecule has 0 aromatic heterocycles. The predicted molar refractivity (Wildman–Crippen MR) is 270 cm³/mol. The highest BCUT2D eigenvalue weighted by Crippen LogP contribution is 2.58. The average molecular weight is 814 g/mol. The van der Waals surface area contributed by atoms with Gasteiger partial charge in [0.2, 0.25) is 0 Å². The van der Waals surface area contributed by atoms with E-state index in [9.17, 15) is 0 Å². The van der Waals surface area contributed by atoms with E-state index in [2.05, 4.69) is 266 Å². The van der Waals surface area contributed by atoms with Gasteiger partial charge in [0, 0.05) is 17.1 Å². The Morgan fingerprint density at radius 2 is 0.703 bits per heavy atom. The highest BCUT2D eigenvalue weighted by Gasteiger charge is 2.46. The topological polar surface area (TPSA) is 3.24 Å². The minimum atomic E-state index is -0.436. The van der Waals surface area contributed by atoms with E-state index in [1.54, 1.807) is 0 Å². The Kier molecular flexibility index (Phi) is 9.13. The molecule has 0 unspecified atom stereocenters. The Bertz CT molecular complexity index is 3410. The maximum Gasteiger partial charge on any atom is 0.0713 e. The first-order valence-electron chi connectivity index (χ1n) is 22.2. The van der Waals surface area contributed by atoms with E-state index in [0.29, 0.717) is 0 Å². The van der Waals surface area contributed by atoms with Crippen molar-refractivity contribution in [2.24, 2.45) is 0 Å². The van der Waals surface area contributed by atoms with Crippen LogP contribution in [0.2, 0.25) is 0 Å². The van der Waals surface area contributed by atoms with Crippen molar-refractivity contribution in [3.63, 3.8) is 0 Å². The fraction of sp³-hybridized carbons (Fsp3) is 0.0159. The summed E-state index contributed by atoms with van der Waals surface area (Å²) in [6.07, 6.45) is 0. The Hall–Kier alpha value is -8.26. The van der Waals surface area contributed by atoms with Crippen molar-refractivity contribution in [1.29, 1.82) is 0 Å². The maximum atomic E-state index is 2.35. The zero-order valence-electron chi connectivity index (χ0n) is 35.3. The summed E-state index contributed by atoms with van der Waals surface area (Å²) < 4.78 is 0. The number of fused-ring (bicyclic) bond motifs is 6. The van der Waals surface area contributed by atoms with Gasteiger partial charge >= 0.3 is 0 Å². The Morgan fingerprint density at radius 3 is 1.36 bits per heavy atom. The zero-order valence-corrected chi connectivity index (χ0v) is 35.3. The van der Waals surface area contributed by atoms with Crippen molar-refractivity contribution in [2.75, 3.05) is 4.90 Å². The molecule has 0 saturated carbocycles. The molecule has 0 fully saturated rings. The van der Waals surface area contributed by atoms with E-state index in [0.717, 1.165) is 17.1 Å². The van der Waals surface area contributed by atoms with Crippen LogP contribution in [0.15, 0.2) is 261 Å². The van der Waals surface area contributed by atoms with Crippen LogP contribution in [0.4, 0.5) is 17.1 Å². The van der Waals surface area contributed by atoms with E-state index in [1.165, 1.54) is 88.3 Å². The summed E-state index contributed by atoms with van der Waals surface area (Å²) in [5, 5.41) is 5.12. The third kappa shape index (κ3) is 6.08. The third-order valence-corrected chi connectivity index (χ3v) is 13.4. The van der Waals surface area contributed by atoms with Gasteiger partial charge in [0.1, 0.15) is 0 Å². The summed E-state index contributed by atoms with van der Waals surface area (Å²) in [4.78, 5) is 2.35. The molecule has 1 aliphatic rings. The summed E-state index contributed by atoms with van der Waals surface area (Å²) in [7, 11) is 0. The molecule has 12 rings (SSSR count).